The molecule has 1 aliphatic rings. The monoisotopic (exact) mass is 495 g/mol. The predicted octanol–water partition coefficient (Wildman–Crippen LogP) is 3.54. The zero-order valence-corrected chi connectivity index (χ0v) is 20.9. The van der Waals surface area contributed by atoms with E-state index >= 15 is 0 Å². The summed E-state index contributed by atoms with van der Waals surface area (Å²) in [5.41, 5.74) is 10.3. The summed E-state index contributed by atoms with van der Waals surface area (Å²) in [6, 6.07) is 29.5. The maximum absolute atomic E-state index is 12.6. The number of nitrogens with zero attached hydrogens (tertiary/aromatic N) is 3. The van der Waals surface area contributed by atoms with Gasteiger partial charge in [0.2, 0.25) is 11.8 Å². The van der Waals surface area contributed by atoms with Crippen molar-refractivity contribution in [2.75, 3.05) is 37.6 Å². The van der Waals surface area contributed by atoms with E-state index < -0.39 is 0 Å². The summed E-state index contributed by atoms with van der Waals surface area (Å²) in [6.45, 7) is 3.37. The van der Waals surface area contributed by atoms with Crippen molar-refractivity contribution in [3.8, 4) is 0 Å². The maximum atomic E-state index is 12.6. The molecule has 0 saturated carbocycles. The highest BCUT2D eigenvalue weighted by atomic mass is 16.2. The van der Waals surface area contributed by atoms with Gasteiger partial charge in [-0.25, -0.2) is 0 Å². The van der Waals surface area contributed by atoms with Crippen LogP contribution in [0.3, 0.4) is 0 Å². The largest absolute Gasteiger partial charge is 0.362 e. The molecule has 2 amide bonds. The quantitative estimate of drug-likeness (QED) is 0.391. The van der Waals surface area contributed by atoms with Crippen molar-refractivity contribution >= 4 is 28.4 Å². The number of nitrogens with one attached hydrogen (secondary N) is 1. The van der Waals surface area contributed by atoms with Crippen LogP contribution in [0.1, 0.15) is 23.6 Å². The Morgan fingerprint density at radius 1 is 0.865 bits per heavy atom. The molecule has 2 heterocycles. The topological polar surface area (TPSA) is 83.6 Å². The molecular formula is C30H33N5O2. The molecule has 4 aromatic rings. The number of rotatable bonds is 8. The highest BCUT2D eigenvalue weighted by Gasteiger charge is 2.31. The van der Waals surface area contributed by atoms with Crippen LogP contribution in [0, 0.1) is 0 Å². The SMILES string of the molecule is NCCC(=O)NC(=O)CN1CCN(c2ccccc2)C(c2cn(Cc3ccccc3)c3ccccc23)C1. The lowest BCUT2D eigenvalue weighted by Crippen LogP contribution is -2.51. The van der Waals surface area contributed by atoms with E-state index in [0.29, 0.717) is 6.54 Å². The molecule has 3 N–H and O–H groups in total. The fourth-order valence-corrected chi connectivity index (χ4v) is 5.22. The fourth-order valence-electron chi connectivity index (χ4n) is 5.22. The first-order valence-electron chi connectivity index (χ1n) is 12.8. The second kappa shape index (κ2) is 11.4. The summed E-state index contributed by atoms with van der Waals surface area (Å²) in [6.07, 6.45) is 2.42. The minimum absolute atomic E-state index is 0.0469. The first-order valence-corrected chi connectivity index (χ1v) is 12.8. The minimum atomic E-state index is -0.323. The number of hydrogen-bond acceptors (Lipinski definition) is 5. The van der Waals surface area contributed by atoms with Crippen molar-refractivity contribution in [3.05, 3.63) is 102 Å². The second-order valence-electron chi connectivity index (χ2n) is 9.50. The van der Waals surface area contributed by atoms with Gasteiger partial charge in [0.15, 0.2) is 0 Å². The number of piperazine rings is 1. The molecule has 0 bridgehead atoms. The average Bonchev–Trinajstić information content (AvgIpc) is 3.28. The average molecular weight is 496 g/mol. The molecule has 1 aliphatic heterocycles. The third kappa shape index (κ3) is 5.74. The number of nitrogens with two attached hydrogens (primary N) is 1. The van der Waals surface area contributed by atoms with E-state index in [0.717, 1.165) is 25.3 Å². The van der Waals surface area contributed by atoms with Gasteiger partial charge in [-0.3, -0.25) is 19.8 Å². The summed E-state index contributed by atoms with van der Waals surface area (Å²) >= 11 is 0. The molecule has 1 atom stereocenters. The third-order valence-electron chi connectivity index (χ3n) is 6.94. The number of carbonyl (C=O) groups excluding carboxylic acids is 2. The van der Waals surface area contributed by atoms with Gasteiger partial charge in [-0.2, -0.15) is 0 Å². The van der Waals surface area contributed by atoms with Gasteiger partial charge in [0.05, 0.1) is 12.6 Å². The summed E-state index contributed by atoms with van der Waals surface area (Å²) in [7, 11) is 0. The van der Waals surface area contributed by atoms with Gasteiger partial charge in [0.25, 0.3) is 0 Å². The normalized spacial score (nSPS) is 16.1. The molecule has 0 spiro atoms. The molecule has 1 unspecified atom stereocenters. The van der Waals surface area contributed by atoms with E-state index in [1.807, 2.05) is 12.1 Å². The molecule has 0 aliphatic carbocycles. The summed E-state index contributed by atoms with van der Waals surface area (Å²) in [5, 5.41) is 3.69. The molecular weight excluding hydrogens is 462 g/mol. The summed E-state index contributed by atoms with van der Waals surface area (Å²) in [5.74, 6) is -0.604. The third-order valence-corrected chi connectivity index (χ3v) is 6.94. The van der Waals surface area contributed by atoms with Crippen molar-refractivity contribution in [1.82, 2.24) is 14.8 Å². The van der Waals surface area contributed by atoms with Crippen LogP contribution in [0.15, 0.2) is 91.1 Å². The summed E-state index contributed by atoms with van der Waals surface area (Å²) < 4.78 is 2.32. The van der Waals surface area contributed by atoms with Crippen molar-refractivity contribution in [2.24, 2.45) is 5.73 Å². The van der Waals surface area contributed by atoms with E-state index in [2.05, 4.69) is 98.7 Å². The van der Waals surface area contributed by atoms with Crippen molar-refractivity contribution in [2.45, 2.75) is 19.0 Å². The van der Waals surface area contributed by atoms with Gasteiger partial charge in [-0.05, 0) is 23.8 Å². The number of carbonyl (C=O) groups is 2. The zero-order chi connectivity index (χ0) is 25.6. The van der Waals surface area contributed by atoms with Crippen LogP contribution in [0.4, 0.5) is 5.69 Å². The standard InChI is InChI=1S/C30H33N5O2/c31-16-15-29(36)32-30(37)22-33-17-18-35(24-11-5-2-6-12-24)28(21-33)26-20-34(19-23-9-3-1-4-10-23)27-14-8-7-13-25(26)27/h1-14,20,28H,15-19,21-22,31H2,(H,32,36,37). The first kappa shape index (κ1) is 24.7. The minimum Gasteiger partial charge on any atom is -0.362 e. The van der Waals surface area contributed by atoms with Gasteiger partial charge in [0.1, 0.15) is 0 Å². The Kier molecular flexibility index (Phi) is 7.63. The number of hydrogen-bond donors (Lipinski definition) is 2. The van der Waals surface area contributed by atoms with Gasteiger partial charge < -0.3 is 15.2 Å². The lowest BCUT2D eigenvalue weighted by Gasteiger charge is -2.42. The van der Waals surface area contributed by atoms with Gasteiger partial charge in [0, 0.05) is 67.5 Å². The van der Waals surface area contributed by atoms with Crippen LogP contribution < -0.4 is 16.0 Å². The molecule has 0 radical (unpaired) electrons. The molecule has 1 fully saturated rings. The zero-order valence-electron chi connectivity index (χ0n) is 20.9. The smallest absolute Gasteiger partial charge is 0.240 e. The van der Waals surface area contributed by atoms with Gasteiger partial charge in [-0.15, -0.1) is 0 Å². The Balaban J connectivity index is 1.47. The van der Waals surface area contributed by atoms with Crippen LogP contribution >= 0.6 is 0 Å². The number of amides is 2. The maximum Gasteiger partial charge on any atom is 0.240 e. The number of benzene rings is 3. The van der Waals surface area contributed by atoms with Crippen LogP contribution in [0.25, 0.3) is 10.9 Å². The second-order valence-corrected chi connectivity index (χ2v) is 9.50. The van der Waals surface area contributed by atoms with E-state index in [9.17, 15) is 9.59 Å². The van der Waals surface area contributed by atoms with E-state index in [1.165, 1.54) is 22.0 Å². The van der Waals surface area contributed by atoms with Crippen molar-refractivity contribution < 1.29 is 9.59 Å². The van der Waals surface area contributed by atoms with Crippen LogP contribution in [0.5, 0.6) is 0 Å². The number of para-hydroxylation sites is 2. The Morgan fingerprint density at radius 3 is 2.32 bits per heavy atom. The number of aromatic nitrogens is 1. The molecule has 1 saturated heterocycles. The fraction of sp³-hybridized carbons (Fsp3) is 0.267. The number of imide groups is 1. The first-order chi connectivity index (χ1) is 18.1. The lowest BCUT2D eigenvalue weighted by atomic mass is 10.0. The predicted molar refractivity (Wildman–Crippen MR) is 147 cm³/mol. The molecule has 37 heavy (non-hydrogen) atoms. The Morgan fingerprint density at radius 2 is 1.57 bits per heavy atom. The Hall–Kier alpha value is -3.94. The molecule has 5 rings (SSSR count). The van der Waals surface area contributed by atoms with E-state index in [1.54, 1.807) is 0 Å². The van der Waals surface area contributed by atoms with Crippen LogP contribution in [-0.4, -0.2) is 54.0 Å². The Labute approximate surface area is 217 Å². The number of anilines is 1. The molecule has 7 nitrogen and oxygen atoms in total. The summed E-state index contributed by atoms with van der Waals surface area (Å²) in [4.78, 5) is 29.0. The lowest BCUT2D eigenvalue weighted by molar-refractivity contribution is -0.131. The number of fused-ring (bicyclic) bond motifs is 1. The van der Waals surface area contributed by atoms with E-state index in [-0.39, 0.29) is 37.4 Å². The molecule has 1 aromatic heterocycles. The Bertz CT molecular complexity index is 1350. The molecule has 3 aromatic carbocycles. The van der Waals surface area contributed by atoms with Gasteiger partial charge >= 0.3 is 0 Å². The van der Waals surface area contributed by atoms with Gasteiger partial charge in [-0.1, -0.05) is 66.7 Å². The molecule has 190 valence electrons. The van der Waals surface area contributed by atoms with E-state index in [4.69, 9.17) is 5.73 Å². The van der Waals surface area contributed by atoms with Crippen LogP contribution in [0.2, 0.25) is 0 Å². The molecule has 7 heteroatoms. The highest BCUT2D eigenvalue weighted by molar-refractivity contribution is 5.96. The van der Waals surface area contributed by atoms with Crippen molar-refractivity contribution in [3.63, 3.8) is 0 Å². The van der Waals surface area contributed by atoms with Crippen molar-refractivity contribution in [1.29, 1.82) is 0 Å². The van der Waals surface area contributed by atoms with Crippen LogP contribution in [-0.2, 0) is 16.1 Å². The highest BCUT2D eigenvalue weighted by Crippen LogP contribution is 2.36.